The zero-order valence-corrected chi connectivity index (χ0v) is 19.1. The molecular weight excluding hydrogens is 457 g/mol. The van der Waals surface area contributed by atoms with Gasteiger partial charge in [0.05, 0.1) is 4.90 Å². The van der Waals surface area contributed by atoms with E-state index in [-0.39, 0.29) is 22.4 Å². The molecule has 0 atom stereocenters. The number of sulfonamides is 1. The Kier molecular flexibility index (Phi) is 6.93. The third-order valence-corrected chi connectivity index (χ3v) is 6.91. The molecule has 0 spiro atoms. The molecule has 4 rings (SSSR count). The van der Waals surface area contributed by atoms with Crippen LogP contribution in [0, 0.1) is 5.82 Å². The number of likely N-dealkylation sites (tertiary alicyclic amines) is 1. The first-order chi connectivity index (χ1) is 16.3. The Morgan fingerprint density at radius 3 is 2.35 bits per heavy atom. The average Bonchev–Trinajstić information content (AvgIpc) is 3.23. The molecule has 34 heavy (non-hydrogen) atoms. The van der Waals surface area contributed by atoms with Gasteiger partial charge in [0.2, 0.25) is 5.91 Å². The van der Waals surface area contributed by atoms with E-state index in [1.54, 1.807) is 0 Å². The van der Waals surface area contributed by atoms with Gasteiger partial charge in [0.25, 0.3) is 15.9 Å². The number of amides is 2. The summed E-state index contributed by atoms with van der Waals surface area (Å²) in [5.74, 6) is -0.640. The average molecular weight is 482 g/mol. The summed E-state index contributed by atoms with van der Waals surface area (Å²) in [7, 11) is -3.87. The van der Waals surface area contributed by atoms with Crippen LogP contribution in [-0.2, 0) is 27.9 Å². The second kappa shape index (κ2) is 10.0. The molecule has 3 aromatic rings. The lowest BCUT2D eigenvalue weighted by Crippen LogP contribution is -2.24. The number of halogens is 1. The van der Waals surface area contributed by atoms with Crippen molar-refractivity contribution in [2.75, 3.05) is 11.3 Å². The Balaban J connectivity index is 1.35. The smallest absolute Gasteiger partial charge is 0.261 e. The summed E-state index contributed by atoms with van der Waals surface area (Å²) in [5, 5.41) is 2.83. The van der Waals surface area contributed by atoms with Crippen LogP contribution in [-0.4, -0.2) is 31.7 Å². The zero-order chi connectivity index (χ0) is 24.1. The summed E-state index contributed by atoms with van der Waals surface area (Å²) in [6, 6.07) is 18.2. The number of nitrogens with one attached hydrogen (secondary N) is 2. The molecule has 7 nitrogen and oxygen atoms in total. The fourth-order valence-corrected chi connectivity index (χ4v) is 4.79. The molecule has 1 aliphatic heterocycles. The van der Waals surface area contributed by atoms with E-state index >= 15 is 0 Å². The Labute approximate surface area is 197 Å². The van der Waals surface area contributed by atoms with Crippen LogP contribution in [0.5, 0.6) is 0 Å². The first-order valence-corrected chi connectivity index (χ1v) is 12.3. The van der Waals surface area contributed by atoms with Crippen LogP contribution in [0.1, 0.15) is 34.3 Å². The summed E-state index contributed by atoms with van der Waals surface area (Å²) >= 11 is 0. The molecule has 1 heterocycles. The number of anilines is 1. The molecule has 0 unspecified atom stereocenters. The predicted molar refractivity (Wildman–Crippen MR) is 126 cm³/mol. The largest absolute Gasteiger partial charge is 0.348 e. The van der Waals surface area contributed by atoms with Crippen molar-refractivity contribution in [1.29, 1.82) is 0 Å². The molecule has 1 saturated heterocycles. The van der Waals surface area contributed by atoms with Crippen LogP contribution in [0.15, 0.2) is 77.7 Å². The van der Waals surface area contributed by atoms with E-state index in [2.05, 4.69) is 10.0 Å². The molecule has 0 aromatic heterocycles. The highest BCUT2D eigenvalue weighted by molar-refractivity contribution is 7.92. The molecule has 0 aliphatic carbocycles. The number of benzene rings is 3. The molecule has 1 fully saturated rings. The molecule has 176 valence electrons. The second-order valence-electron chi connectivity index (χ2n) is 8.06. The second-order valence-corrected chi connectivity index (χ2v) is 9.74. The van der Waals surface area contributed by atoms with Crippen molar-refractivity contribution in [3.63, 3.8) is 0 Å². The van der Waals surface area contributed by atoms with Crippen molar-refractivity contribution in [3.05, 3.63) is 95.3 Å². The minimum atomic E-state index is -3.87. The number of hydrogen-bond donors (Lipinski definition) is 2. The van der Waals surface area contributed by atoms with Crippen LogP contribution in [0.3, 0.4) is 0 Å². The van der Waals surface area contributed by atoms with Crippen molar-refractivity contribution in [3.8, 4) is 0 Å². The lowest BCUT2D eigenvalue weighted by molar-refractivity contribution is -0.128. The fraction of sp³-hybridized carbons (Fsp3) is 0.200. The first-order valence-electron chi connectivity index (χ1n) is 10.8. The SMILES string of the molecule is O=C(NCc1cccc(CN2CCCC2=O)c1)c1ccc(S(=O)(=O)Nc2ccc(F)cc2)cc1. The normalized spacial score (nSPS) is 13.7. The van der Waals surface area contributed by atoms with E-state index in [0.29, 0.717) is 25.1 Å². The van der Waals surface area contributed by atoms with Gasteiger partial charge in [-0.2, -0.15) is 0 Å². The monoisotopic (exact) mass is 481 g/mol. The van der Waals surface area contributed by atoms with E-state index < -0.39 is 15.8 Å². The zero-order valence-electron chi connectivity index (χ0n) is 18.3. The maximum Gasteiger partial charge on any atom is 0.261 e. The molecule has 2 N–H and O–H groups in total. The summed E-state index contributed by atoms with van der Waals surface area (Å²) in [5.41, 5.74) is 2.46. The minimum absolute atomic E-state index is 0.0162. The standard InChI is InChI=1S/C25H24FN3O4S/c26-21-8-10-22(11-9-21)28-34(32,33)23-12-6-20(7-13-23)25(31)27-16-18-3-1-4-19(15-18)17-29-14-2-5-24(29)30/h1,3-4,6-13,15,28H,2,5,14,16-17H2,(H,27,31). The van der Waals surface area contributed by atoms with Crippen molar-refractivity contribution in [1.82, 2.24) is 10.2 Å². The molecule has 0 radical (unpaired) electrons. The number of rotatable bonds is 8. The van der Waals surface area contributed by atoms with Crippen molar-refractivity contribution < 1.29 is 22.4 Å². The minimum Gasteiger partial charge on any atom is -0.348 e. The van der Waals surface area contributed by atoms with E-state index in [1.165, 1.54) is 36.4 Å². The highest BCUT2D eigenvalue weighted by atomic mass is 32.2. The summed E-state index contributed by atoms with van der Waals surface area (Å²) in [6.07, 6.45) is 1.48. The summed E-state index contributed by atoms with van der Waals surface area (Å²) < 4.78 is 40.4. The van der Waals surface area contributed by atoms with E-state index in [4.69, 9.17) is 0 Å². The van der Waals surface area contributed by atoms with Gasteiger partial charge in [-0.1, -0.05) is 24.3 Å². The van der Waals surface area contributed by atoms with Crippen molar-refractivity contribution >= 4 is 27.5 Å². The summed E-state index contributed by atoms with van der Waals surface area (Å²) in [4.78, 5) is 26.2. The lowest BCUT2D eigenvalue weighted by atomic mass is 10.1. The predicted octanol–water partition coefficient (Wildman–Crippen LogP) is 3.68. The van der Waals surface area contributed by atoms with Gasteiger partial charge in [0.1, 0.15) is 5.82 Å². The Bertz CT molecular complexity index is 1290. The first kappa shape index (κ1) is 23.4. The Morgan fingerprint density at radius 1 is 0.971 bits per heavy atom. The number of carbonyl (C=O) groups is 2. The number of hydrogen-bond acceptors (Lipinski definition) is 4. The van der Waals surface area contributed by atoms with Crippen LogP contribution >= 0.6 is 0 Å². The Hall–Kier alpha value is -3.72. The highest BCUT2D eigenvalue weighted by Crippen LogP contribution is 2.18. The molecule has 0 bridgehead atoms. The van der Waals surface area contributed by atoms with Gasteiger partial charge in [-0.3, -0.25) is 14.3 Å². The van der Waals surface area contributed by atoms with Crippen LogP contribution in [0.2, 0.25) is 0 Å². The van der Waals surface area contributed by atoms with Gasteiger partial charge in [0.15, 0.2) is 0 Å². The number of carbonyl (C=O) groups excluding carboxylic acids is 2. The quantitative estimate of drug-likeness (QED) is 0.513. The lowest BCUT2D eigenvalue weighted by Gasteiger charge is -2.16. The fourth-order valence-electron chi connectivity index (χ4n) is 3.73. The molecular formula is C25H24FN3O4S. The van der Waals surface area contributed by atoms with Gasteiger partial charge in [-0.15, -0.1) is 0 Å². The van der Waals surface area contributed by atoms with Gasteiger partial charge < -0.3 is 10.2 Å². The van der Waals surface area contributed by atoms with Crippen molar-refractivity contribution in [2.45, 2.75) is 30.8 Å². The number of nitrogens with zero attached hydrogens (tertiary/aromatic N) is 1. The highest BCUT2D eigenvalue weighted by Gasteiger charge is 2.20. The molecule has 0 saturated carbocycles. The van der Waals surface area contributed by atoms with E-state index in [0.717, 1.165) is 36.2 Å². The molecule has 9 heteroatoms. The Morgan fingerprint density at radius 2 is 1.68 bits per heavy atom. The molecule has 2 amide bonds. The topological polar surface area (TPSA) is 95.6 Å². The van der Waals surface area contributed by atoms with Gasteiger partial charge in [-0.05, 0) is 66.1 Å². The van der Waals surface area contributed by atoms with E-state index in [1.807, 2.05) is 29.2 Å². The third-order valence-electron chi connectivity index (χ3n) is 5.51. The van der Waals surface area contributed by atoms with Crippen LogP contribution in [0.25, 0.3) is 0 Å². The third kappa shape index (κ3) is 5.79. The van der Waals surface area contributed by atoms with Gasteiger partial charge in [0, 0.05) is 37.3 Å². The maximum absolute atomic E-state index is 13.0. The van der Waals surface area contributed by atoms with Gasteiger partial charge >= 0.3 is 0 Å². The van der Waals surface area contributed by atoms with Crippen LogP contribution in [0.4, 0.5) is 10.1 Å². The van der Waals surface area contributed by atoms with Crippen molar-refractivity contribution in [2.24, 2.45) is 0 Å². The van der Waals surface area contributed by atoms with Gasteiger partial charge in [-0.25, -0.2) is 12.8 Å². The maximum atomic E-state index is 13.0. The van der Waals surface area contributed by atoms with E-state index in [9.17, 15) is 22.4 Å². The molecule has 3 aromatic carbocycles. The molecule has 1 aliphatic rings. The van der Waals surface area contributed by atoms with Crippen LogP contribution < -0.4 is 10.0 Å². The summed E-state index contributed by atoms with van der Waals surface area (Å²) in [6.45, 7) is 1.63.